The Labute approximate surface area is 205 Å². The Morgan fingerprint density at radius 3 is 2.47 bits per heavy atom. The van der Waals surface area contributed by atoms with Crippen LogP contribution in [0.15, 0.2) is 76.1 Å². The summed E-state index contributed by atoms with van der Waals surface area (Å²) in [6.45, 7) is 0.224. The van der Waals surface area contributed by atoms with Gasteiger partial charge in [-0.15, -0.1) is 0 Å². The molecule has 32 heavy (non-hydrogen) atoms. The normalized spacial score (nSPS) is 13.4. The molecule has 0 saturated heterocycles. The maximum absolute atomic E-state index is 13.4. The molecule has 9 heteroatoms. The van der Waals surface area contributed by atoms with Crippen molar-refractivity contribution in [3.05, 3.63) is 92.4 Å². The van der Waals surface area contributed by atoms with E-state index in [-0.39, 0.29) is 23.9 Å². The first-order valence-electron chi connectivity index (χ1n) is 9.83. The number of halogens is 3. The third-order valence-electron chi connectivity index (χ3n) is 5.25. The van der Waals surface area contributed by atoms with Crippen molar-refractivity contribution in [1.82, 2.24) is 4.31 Å². The number of sulfonamides is 1. The zero-order valence-electron chi connectivity index (χ0n) is 16.8. The number of carbonyl (C=O) groups excluding carboxylic acids is 1. The van der Waals surface area contributed by atoms with E-state index in [0.29, 0.717) is 22.2 Å². The van der Waals surface area contributed by atoms with Crippen LogP contribution >= 0.6 is 39.1 Å². The topological polar surface area (TPSA) is 57.7 Å². The van der Waals surface area contributed by atoms with Gasteiger partial charge in [0, 0.05) is 33.3 Å². The summed E-state index contributed by atoms with van der Waals surface area (Å²) in [5, 5.41) is 0.929. The molecule has 166 valence electrons. The summed E-state index contributed by atoms with van der Waals surface area (Å²) >= 11 is 15.5. The third-order valence-corrected chi connectivity index (χ3v) is 8.04. The van der Waals surface area contributed by atoms with Gasteiger partial charge in [-0.3, -0.25) is 4.79 Å². The molecule has 0 atom stereocenters. The minimum absolute atomic E-state index is 0.0122. The maximum Gasteiger partial charge on any atom is 0.243 e. The molecule has 1 aliphatic heterocycles. The van der Waals surface area contributed by atoms with Gasteiger partial charge in [0.2, 0.25) is 15.9 Å². The van der Waals surface area contributed by atoms with Gasteiger partial charge in [-0.05, 0) is 72.1 Å². The summed E-state index contributed by atoms with van der Waals surface area (Å²) in [5.74, 6) is -0.286. The van der Waals surface area contributed by atoms with Gasteiger partial charge in [0.25, 0.3) is 0 Å². The van der Waals surface area contributed by atoms with Gasteiger partial charge < -0.3 is 4.90 Å². The third kappa shape index (κ3) is 5.02. The molecule has 3 aromatic rings. The molecule has 1 heterocycles. The van der Waals surface area contributed by atoms with Crippen LogP contribution in [-0.2, 0) is 27.8 Å². The van der Waals surface area contributed by atoms with Crippen molar-refractivity contribution in [3.63, 3.8) is 0 Å². The molecule has 0 aromatic heterocycles. The number of hydrogen-bond donors (Lipinski definition) is 0. The predicted octanol–water partition coefficient (Wildman–Crippen LogP) is 5.54. The summed E-state index contributed by atoms with van der Waals surface area (Å²) in [4.78, 5) is 15.0. The molecule has 0 aliphatic carbocycles. The predicted molar refractivity (Wildman–Crippen MR) is 131 cm³/mol. The number of benzene rings is 3. The average Bonchev–Trinajstić information content (AvgIpc) is 3.16. The second kappa shape index (κ2) is 9.53. The highest BCUT2D eigenvalue weighted by Gasteiger charge is 2.31. The van der Waals surface area contributed by atoms with Gasteiger partial charge in [-0.1, -0.05) is 51.3 Å². The number of fused-ring (bicyclic) bond motifs is 1. The molecule has 0 spiro atoms. The standard InChI is InChI=1S/C23H19BrCl2N2O3S/c24-18-4-9-22-17(13-18)10-11-28(22)23(29)15-27(14-16-2-1-3-20(26)12-16)32(30,31)21-7-5-19(25)6-8-21/h1-9,12-13H,10-11,14-15H2. The lowest BCUT2D eigenvalue weighted by molar-refractivity contribution is -0.118. The van der Waals surface area contributed by atoms with Crippen LogP contribution in [0.2, 0.25) is 10.0 Å². The molecule has 1 aliphatic rings. The fourth-order valence-corrected chi connectivity index (χ4v) is 5.81. The summed E-state index contributed by atoms with van der Waals surface area (Å²) in [7, 11) is -3.96. The molecule has 5 nitrogen and oxygen atoms in total. The van der Waals surface area contributed by atoms with Gasteiger partial charge in [-0.25, -0.2) is 8.42 Å². The highest BCUT2D eigenvalue weighted by Crippen LogP contribution is 2.31. The van der Waals surface area contributed by atoms with E-state index in [1.807, 2.05) is 18.2 Å². The van der Waals surface area contributed by atoms with Crippen molar-refractivity contribution in [1.29, 1.82) is 0 Å². The Hall–Kier alpha value is -1.90. The van der Waals surface area contributed by atoms with Crippen molar-refractivity contribution >= 4 is 60.7 Å². The van der Waals surface area contributed by atoms with E-state index in [1.165, 1.54) is 28.6 Å². The molecule has 1 amide bonds. The van der Waals surface area contributed by atoms with E-state index in [4.69, 9.17) is 23.2 Å². The van der Waals surface area contributed by atoms with Crippen molar-refractivity contribution in [3.8, 4) is 0 Å². The van der Waals surface area contributed by atoms with Crippen molar-refractivity contribution < 1.29 is 13.2 Å². The molecule has 0 radical (unpaired) electrons. The highest BCUT2D eigenvalue weighted by atomic mass is 79.9. The van der Waals surface area contributed by atoms with Gasteiger partial charge in [0.05, 0.1) is 11.4 Å². The number of carbonyl (C=O) groups is 1. The quantitative estimate of drug-likeness (QED) is 0.403. The number of hydrogen-bond acceptors (Lipinski definition) is 3. The lowest BCUT2D eigenvalue weighted by Gasteiger charge is -2.25. The number of rotatable bonds is 6. The van der Waals surface area contributed by atoms with Crippen molar-refractivity contribution in [2.75, 3.05) is 18.0 Å². The Morgan fingerprint density at radius 2 is 1.75 bits per heavy atom. The molecule has 0 N–H and O–H groups in total. The van der Waals surface area contributed by atoms with E-state index < -0.39 is 10.0 Å². The van der Waals surface area contributed by atoms with Crippen LogP contribution in [0.4, 0.5) is 5.69 Å². The minimum atomic E-state index is -3.96. The summed E-state index contributed by atoms with van der Waals surface area (Å²) in [6.07, 6.45) is 0.721. The smallest absolute Gasteiger partial charge is 0.243 e. The molecule has 0 fully saturated rings. The van der Waals surface area contributed by atoms with Gasteiger partial charge in [-0.2, -0.15) is 4.31 Å². The van der Waals surface area contributed by atoms with Crippen LogP contribution in [0, 0.1) is 0 Å². The zero-order chi connectivity index (χ0) is 22.9. The lowest BCUT2D eigenvalue weighted by atomic mass is 10.2. The van der Waals surface area contributed by atoms with Crippen LogP contribution in [0.5, 0.6) is 0 Å². The molecule has 0 unspecified atom stereocenters. The van der Waals surface area contributed by atoms with Crippen molar-refractivity contribution in [2.45, 2.75) is 17.9 Å². The first-order valence-corrected chi connectivity index (χ1v) is 12.8. The van der Waals surface area contributed by atoms with Crippen LogP contribution in [0.3, 0.4) is 0 Å². The molecule has 3 aromatic carbocycles. The van der Waals surface area contributed by atoms with Crippen LogP contribution in [-0.4, -0.2) is 31.7 Å². The second-order valence-corrected chi connectivity index (χ2v) is 11.2. The molecule has 0 saturated carbocycles. The van der Waals surface area contributed by atoms with Crippen LogP contribution in [0.1, 0.15) is 11.1 Å². The fraction of sp³-hybridized carbons (Fsp3) is 0.174. The highest BCUT2D eigenvalue weighted by molar-refractivity contribution is 9.10. The van der Waals surface area contributed by atoms with E-state index in [1.54, 1.807) is 29.2 Å². The molecular formula is C23H19BrCl2N2O3S. The van der Waals surface area contributed by atoms with Gasteiger partial charge in [0.15, 0.2) is 0 Å². The Balaban J connectivity index is 1.65. The Bertz CT molecular complexity index is 1270. The number of anilines is 1. The van der Waals surface area contributed by atoms with E-state index in [9.17, 15) is 13.2 Å². The van der Waals surface area contributed by atoms with E-state index in [2.05, 4.69) is 15.9 Å². The van der Waals surface area contributed by atoms with Crippen molar-refractivity contribution in [2.24, 2.45) is 0 Å². The zero-order valence-corrected chi connectivity index (χ0v) is 20.8. The van der Waals surface area contributed by atoms with E-state index >= 15 is 0 Å². The van der Waals surface area contributed by atoms with Gasteiger partial charge in [0.1, 0.15) is 0 Å². The Morgan fingerprint density at radius 1 is 1.00 bits per heavy atom. The SMILES string of the molecule is O=C(CN(Cc1cccc(Cl)c1)S(=O)(=O)c1ccc(Cl)cc1)N1CCc2cc(Br)ccc21. The van der Waals surface area contributed by atoms with Gasteiger partial charge >= 0.3 is 0 Å². The average molecular weight is 554 g/mol. The first-order chi connectivity index (χ1) is 15.2. The first kappa shape index (κ1) is 23.3. The summed E-state index contributed by atoms with van der Waals surface area (Å²) in [5.41, 5.74) is 2.55. The monoisotopic (exact) mass is 552 g/mol. The Kier molecular flexibility index (Phi) is 6.93. The number of amides is 1. The maximum atomic E-state index is 13.4. The molecular weight excluding hydrogens is 535 g/mol. The molecule has 4 rings (SSSR count). The number of nitrogens with zero attached hydrogens (tertiary/aromatic N) is 2. The summed E-state index contributed by atoms with van der Waals surface area (Å²) in [6, 6.07) is 18.6. The minimum Gasteiger partial charge on any atom is -0.311 e. The molecule has 0 bridgehead atoms. The van der Waals surface area contributed by atoms with E-state index in [0.717, 1.165) is 22.1 Å². The summed E-state index contributed by atoms with van der Waals surface area (Å²) < 4.78 is 29.0. The second-order valence-electron chi connectivity index (χ2n) is 7.43. The van der Waals surface area contributed by atoms with Crippen LogP contribution in [0.25, 0.3) is 0 Å². The largest absolute Gasteiger partial charge is 0.311 e. The van der Waals surface area contributed by atoms with Crippen LogP contribution < -0.4 is 4.90 Å². The lowest BCUT2D eigenvalue weighted by Crippen LogP contribution is -2.42. The fourth-order valence-electron chi connectivity index (χ4n) is 3.69.